The van der Waals surface area contributed by atoms with Crippen molar-refractivity contribution < 1.29 is 0 Å². The first-order valence-electron chi connectivity index (χ1n) is 5.56. The Morgan fingerprint density at radius 1 is 1.06 bits per heavy atom. The van der Waals surface area contributed by atoms with Gasteiger partial charge in [0.2, 0.25) is 0 Å². The summed E-state index contributed by atoms with van der Waals surface area (Å²) in [6.45, 7) is 2.00. The monoisotopic (exact) mass is 223 g/mol. The second-order valence-electron chi connectivity index (χ2n) is 4.08. The van der Waals surface area contributed by atoms with Gasteiger partial charge in [-0.05, 0) is 37.3 Å². The molecule has 3 heteroatoms. The number of nitrogens with two attached hydrogens (primary N) is 1. The van der Waals surface area contributed by atoms with Crippen molar-refractivity contribution in [3.8, 4) is 5.69 Å². The SMILES string of the molecule is Cc1nc2ccc(N)cc2n1-c1ccccc1. The molecule has 0 aliphatic rings. The maximum Gasteiger partial charge on any atom is 0.111 e. The number of aryl methyl sites for hydroxylation is 1. The number of rotatable bonds is 1. The Morgan fingerprint density at radius 3 is 2.59 bits per heavy atom. The highest BCUT2D eigenvalue weighted by molar-refractivity contribution is 5.81. The molecule has 2 N–H and O–H groups in total. The molecule has 2 aromatic carbocycles. The van der Waals surface area contributed by atoms with Gasteiger partial charge in [0.1, 0.15) is 5.82 Å². The number of hydrogen-bond donors (Lipinski definition) is 1. The Bertz CT molecular complexity index is 669. The fourth-order valence-corrected chi connectivity index (χ4v) is 2.12. The highest BCUT2D eigenvalue weighted by atomic mass is 15.1. The van der Waals surface area contributed by atoms with Crippen LogP contribution >= 0.6 is 0 Å². The molecule has 0 radical (unpaired) electrons. The van der Waals surface area contributed by atoms with E-state index in [9.17, 15) is 0 Å². The molecule has 3 aromatic rings. The summed E-state index contributed by atoms with van der Waals surface area (Å²) in [5.41, 5.74) is 9.73. The van der Waals surface area contributed by atoms with Crippen LogP contribution in [0.1, 0.15) is 5.82 Å². The standard InChI is InChI=1S/C14H13N3/c1-10-16-13-8-7-11(15)9-14(13)17(10)12-5-3-2-4-6-12/h2-9H,15H2,1H3. The Labute approximate surface area is 99.5 Å². The van der Waals surface area contributed by atoms with Crippen molar-refractivity contribution in [1.82, 2.24) is 9.55 Å². The second kappa shape index (κ2) is 3.63. The van der Waals surface area contributed by atoms with Gasteiger partial charge in [-0.2, -0.15) is 0 Å². The van der Waals surface area contributed by atoms with E-state index in [4.69, 9.17) is 5.73 Å². The predicted octanol–water partition coefficient (Wildman–Crippen LogP) is 2.92. The van der Waals surface area contributed by atoms with Crippen molar-refractivity contribution in [2.24, 2.45) is 0 Å². The molecule has 1 aromatic heterocycles. The number of nitrogens with zero attached hydrogens (tertiary/aromatic N) is 2. The van der Waals surface area contributed by atoms with Gasteiger partial charge in [0, 0.05) is 11.4 Å². The van der Waals surface area contributed by atoms with Crippen LogP contribution in [0.3, 0.4) is 0 Å². The summed E-state index contributed by atoms with van der Waals surface area (Å²) in [7, 11) is 0. The van der Waals surface area contributed by atoms with Crippen molar-refractivity contribution in [2.75, 3.05) is 5.73 Å². The third-order valence-electron chi connectivity index (χ3n) is 2.86. The largest absolute Gasteiger partial charge is 0.399 e. The van der Waals surface area contributed by atoms with E-state index in [1.807, 2.05) is 43.3 Å². The molecule has 0 atom stereocenters. The van der Waals surface area contributed by atoms with Gasteiger partial charge < -0.3 is 5.73 Å². The normalized spacial score (nSPS) is 10.9. The number of anilines is 1. The molecule has 0 amide bonds. The first kappa shape index (κ1) is 9.90. The van der Waals surface area contributed by atoms with Crippen LogP contribution in [-0.2, 0) is 0 Å². The van der Waals surface area contributed by atoms with Crippen LogP contribution < -0.4 is 5.73 Å². The number of fused-ring (bicyclic) bond motifs is 1. The molecule has 3 rings (SSSR count). The van der Waals surface area contributed by atoms with Crippen molar-refractivity contribution >= 4 is 16.7 Å². The van der Waals surface area contributed by atoms with E-state index in [0.717, 1.165) is 28.2 Å². The molecule has 1 heterocycles. The highest BCUT2D eigenvalue weighted by Gasteiger charge is 2.08. The number of hydrogen-bond acceptors (Lipinski definition) is 2. The van der Waals surface area contributed by atoms with Crippen molar-refractivity contribution in [3.63, 3.8) is 0 Å². The minimum absolute atomic E-state index is 0.759. The fourth-order valence-electron chi connectivity index (χ4n) is 2.12. The maximum atomic E-state index is 5.84. The number of benzene rings is 2. The molecule has 0 bridgehead atoms. The number of imidazole rings is 1. The molecular formula is C14H13N3. The highest BCUT2D eigenvalue weighted by Crippen LogP contribution is 2.22. The molecule has 0 spiro atoms. The van der Waals surface area contributed by atoms with Crippen molar-refractivity contribution in [2.45, 2.75) is 6.92 Å². The van der Waals surface area contributed by atoms with E-state index in [-0.39, 0.29) is 0 Å². The number of nitrogen functional groups attached to an aromatic ring is 1. The van der Waals surface area contributed by atoms with Crippen molar-refractivity contribution in [1.29, 1.82) is 0 Å². The summed E-state index contributed by atoms with van der Waals surface area (Å²) in [6, 6.07) is 16.0. The molecular weight excluding hydrogens is 210 g/mol. The van der Waals surface area contributed by atoms with Crippen LogP contribution in [0, 0.1) is 6.92 Å². The molecule has 84 valence electrons. The quantitative estimate of drug-likeness (QED) is 0.644. The zero-order valence-corrected chi connectivity index (χ0v) is 9.59. The van der Waals surface area contributed by atoms with Crippen LogP contribution in [0.15, 0.2) is 48.5 Å². The first-order valence-corrected chi connectivity index (χ1v) is 5.56. The summed E-state index contributed by atoms with van der Waals surface area (Å²) in [4.78, 5) is 4.54. The average Bonchev–Trinajstić information content (AvgIpc) is 2.65. The molecule has 17 heavy (non-hydrogen) atoms. The second-order valence-corrected chi connectivity index (χ2v) is 4.08. The summed E-state index contributed by atoms with van der Waals surface area (Å²) in [5.74, 6) is 0.969. The van der Waals surface area contributed by atoms with Gasteiger partial charge in [0.05, 0.1) is 11.0 Å². The molecule has 0 saturated carbocycles. The van der Waals surface area contributed by atoms with E-state index in [0.29, 0.717) is 0 Å². The zero-order chi connectivity index (χ0) is 11.8. The lowest BCUT2D eigenvalue weighted by atomic mass is 10.2. The third kappa shape index (κ3) is 1.56. The minimum Gasteiger partial charge on any atom is -0.399 e. The van der Waals surface area contributed by atoms with E-state index < -0.39 is 0 Å². The van der Waals surface area contributed by atoms with Crippen LogP contribution in [0.4, 0.5) is 5.69 Å². The van der Waals surface area contributed by atoms with Gasteiger partial charge in [-0.15, -0.1) is 0 Å². The van der Waals surface area contributed by atoms with Gasteiger partial charge in [-0.3, -0.25) is 4.57 Å². The van der Waals surface area contributed by atoms with E-state index >= 15 is 0 Å². The lowest BCUT2D eigenvalue weighted by Crippen LogP contribution is -1.96. The van der Waals surface area contributed by atoms with Crippen LogP contribution in [0.2, 0.25) is 0 Å². The minimum atomic E-state index is 0.759. The molecule has 0 aliphatic carbocycles. The molecule has 0 aliphatic heterocycles. The van der Waals surface area contributed by atoms with Gasteiger partial charge >= 0.3 is 0 Å². The first-order chi connectivity index (χ1) is 8.25. The van der Waals surface area contributed by atoms with Crippen LogP contribution in [0.5, 0.6) is 0 Å². The Kier molecular flexibility index (Phi) is 2.11. The molecule has 3 nitrogen and oxygen atoms in total. The van der Waals surface area contributed by atoms with Crippen molar-refractivity contribution in [3.05, 3.63) is 54.4 Å². The van der Waals surface area contributed by atoms with E-state index in [2.05, 4.69) is 21.7 Å². The van der Waals surface area contributed by atoms with Crippen LogP contribution in [0.25, 0.3) is 16.7 Å². The Hall–Kier alpha value is -2.29. The Morgan fingerprint density at radius 2 is 1.82 bits per heavy atom. The molecule has 0 saturated heterocycles. The summed E-state index contributed by atoms with van der Waals surface area (Å²) < 4.78 is 2.12. The molecule has 0 unspecified atom stereocenters. The van der Waals surface area contributed by atoms with Gasteiger partial charge in [0.15, 0.2) is 0 Å². The number of para-hydroxylation sites is 1. The van der Waals surface area contributed by atoms with Gasteiger partial charge in [0.25, 0.3) is 0 Å². The maximum absolute atomic E-state index is 5.84. The summed E-state index contributed by atoms with van der Waals surface area (Å²) in [6.07, 6.45) is 0. The van der Waals surface area contributed by atoms with E-state index in [1.54, 1.807) is 0 Å². The fraction of sp³-hybridized carbons (Fsp3) is 0.0714. The molecule has 0 fully saturated rings. The lowest BCUT2D eigenvalue weighted by Gasteiger charge is -2.06. The third-order valence-corrected chi connectivity index (χ3v) is 2.86. The predicted molar refractivity (Wildman–Crippen MR) is 70.2 cm³/mol. The Balaban J connectivity index is 2.35. The summed E-state index contributed by atoms with van der Waals surface area (Å²) in [5, 5.41) is 0. The van der Waals surface area contributed by atoms with Gasteiger partial charge in [-0.25, -0.2) is 4.98 Å². The van der Waals surface area contributed by atoms with Gasteiger partial charge in [-0.1, -0.05) is 18.2 Å². The average molecular weight is 223 g/mol. The number of aromatic nitrogens is 2. The smallest absolute Gasteiger partial charge is 0.111 e. The van der Waals surface area contributed by atoms with Crippen LogP contribution in [-0.4, -0.2) is 9.55 Å². The lowest BCUT2D eigenvalue weighted by molar-refractivity contribution is 1.00. The topological polar surface area (TPSA) is 43.8 Å². The zero-order valence-electron chi connectivity index (χ0n) is 9.59. The van der Waals surface area contributed by atoms with E-state index in [1.165, 1.54) is 0 Å². The summed E-state index contributed by atoms with van der Waals surface area (Å²) >= 11 is 0.